The van der Waals surface area contributed by atoms with Crippen LogP contribution in [0.5, 0.6) is 0 Å². The minimum absolute atomic E-state index is 1.19. The first-order chi connectivity index (χ1) is 2.77. The maximum Gasteiger partial charge on any atom is 0.0231 e. The molecule has 0 unspecified atom stereocenters. The van der Waals surface area contributed by atoms with Crippen molar-refractivity contribution < 1.29 is 0 Å². The summed E-state index contributed by atoms with van der Waals surface area (Å²) in [6, 6.07) is 0. The quantitative estimate of drug-likeness (QED) is 0.461. The van der Waals surface area contributed by atoms with Gasteiger partial charge in [0.05, 0.1) is 0 Å². The van der Waals surface area contributed by atoms with Gasteiger partial charge in [0.2, 0.25) is 0 Å². The highest BCUT2D eigenvalue weighted by Gasteiger charge is 1.60. The summed E-state index contributed by atoms with van der Waals surface area (Å²) in [5, 5.41) is 0. The van der Waals surface area contributed by atoms with E-state index in [9.17, 15) is 0 Å². The molecule has 0 fully saturated rings. The first-order valence-electron chi connectivity index (χ1n) is 1.76. The molecule has 6 heavy (non-hydrogen) atoms. The molecule has 0 atom stereocenters. The Hall–Kier alpha value is 0. The summed E-state index contributed by atoms with van der Waals surface area (Å²) in [5.41, 5.74) is 4.10. The van der Waals surface area contributed by atoms with Crippen LogP contribution in [0.25, 0.3) is 0 Å². The Labute approximate surface area is 46.7 Å². The van der Waals surface area contributed by atoms with E-state index in [4.69, 9.17) is 0 Å². The van der Waals surface area contributed by atoms with Gasteiger partial charge in [-0.15, -0.1) is 5.73 Å². The number of hydrogen-bond donors (Lipinski definition) is 0. The molecule has 0 N–H and O–H groups in total. The van der Waals surface area contributed by atoms with Crippen molar-refractivity contribution in [3.05, 3.63) is 16.3 Å². The zero-order valence-electron chi connectivity index (χ0n) is 3.96. The fourth-order valence-electron chi connectivity index (χ4n) is 0.109. The normalized spacial score (nSPS) is 6.50. The van der Waals surface area contributed by atoms with Crippen LogP contribution >= 0.6 is 15.9 Å². The second-order valence-corrected chi connectivity index (χ2v) is 1.71. The summed E-state index contributed by atoms with van der Waals surface area (Å²) in [6.45, 7) is 4.00. The highest BCUT2D eigenvalue weighted by atomic mass is 79.9. The summed E-state index contributed by atoms with van der Waals surface area (Å²) in [6.07, 6.45) is 0. The van der Waals surface area contributed by atoms with Crippen LogP contribution in [0.15, 0.2) is 16.3 Å². The highest BCUT2D eigenvalue weighted by molar-refractivity contribution is 9.11. The van der Waals surface area contributed by atoms with Gasteiger partial charge >= 0.3 is 0 Å². The van der Waals surface area contributed by atoms with E-state index in [1.54, 1.807) is 4.99 Å². The van der Waals surface area contributed by atoms with Crippen molar-refractivity contribution in [2.75, 3.05) is 0 Å². The minimum atomic E-state index is 1.19. The molecule has 34 valence electrons. The van der Waals surface area contributed by atoms with E-state index < -0.39 is 0 Å². The van der Waals surface area contributed by atoms with Crippen LogP contribution < -0.4 is 0 Å². The van der Waals surface area contributed by atoms with Crippen LogP contribution in [0, 0.1) is 0 Å². The number of halogens is 1. The Morgan fingerprint density at radius 2 is 2.17 bits per heavy atom. The molecule has 0 heterocycles. The van der Waals surface area contributed by atoms with E-state index in [1.165, 1.54) is 5.57 Å². The SMILES string of the molecule is CC(C)=C=CBr. The zero-order valence-corrected chi connectivity index (χ0v) is 5.54. The largest absolute Gasteiger partial charge is 0.115 e. The first kappa shape index (κ1) is 6.00. The van der Waals surface area contributed by atoms with Crippen LogP contribution in [0.4, 0.5) is 0 Å². The summed E-state index contributed by atoms with van der Waals surface area (Å²) < 4.78 is 0. The van der Waals surface area contributed by atoms with E-state index in [2.05, 4.69) is 21.7 Å². The molecule has 0 aliphatic rings. The van der Waals surface area contributed by atoms with Crippen molar-refractivity contribution in [2.24, 2.45) is 0 Å². The van der Waals surface area contributed by atoms with E-state index >= 15 is 0 Å². The molecule has 0 bridgehead atoms. The van der Waals surface area contributed by atoms with Crippen LogP contribution in [-0.2, 0) is 0 Å². The molecule has 0 aromatic rings. The third-order valence-electron chi connectivity index (χ3n) is 0.343. The van der Waals surface area contributed by atoms with E-state index in [1.807, 2.05) is 13.8 Å². The van der Waals surface area contributed by atoms with Crippen molar-refractivity contribution in [2.45, 2.75) is 13.8 Å². The Balaban J connectivity index is 3.73. The van der Waals surface area contributed by atoms with Crippen LogP contribution in [0.3, 0.4) is 0 Å². The molecule has 0 nitrogen and oxygen atoms in total. The molecule has 0 saturated heterocycles. The van der Waals surface area contributed by atoms with Gasteiger partial charge in [0.15, 0.2) is 0 Å². The molecule has 0 spiro atoms. The van der Waals surface area contributed by atoms with Crippen molar-refractivity contribution in [3.8, 4) is 0 Å². The predicted octanol–water partition coefficient (Wildman–Crippen LogP) is 2.46. The molecule has 0 saturated carbocycles. The Morgan fingerprint density at radius 3 is 2.17 bits per heavy atom. The van der Waals surface area contributed by atoms with Gasteiger partial charge < -0.3 is 0 Å². The van der Waals surface area contributed by atoms with Gasteiger partial charge in [0.1, 0.15) is 0 Å². The molecule has 1 heteroatoms. The smallest absolute Gasteiger partial charge is 0.0231 e. The number of hydrogen-bond acceptors (Lipinski definition) is 0. The fraction of sp³-hybridized carbons (Fsp3) is 0.400. The molecular formula is C5H7Br. The molecule has 0 aliphatic heterocycles. The molecule has 0 rings (SSSR count). The molecule has 0 aromatic carbocycles. The average molecular weight is 147 g/mol. The van der Waals surface area contributed by atoms with Crippen molar-refractivity contribution >= 4 is 15.9 Å². The lowest BCUT2D eigenvalue weighted by molar-refractivity contribution is 1.41. The van der Waals surface area contributed by atoms with Gasteiger partial charge in [-0.2, -0.15) is 0 Å². The molecule has 0 aliphatic carbocycles. The van der Waals surface area contributed by atoms with Crippen LogP contribution in [0.1, 0.15) is 13.8 Å². The maximum absolute atomic E-state index is 3.09. The molecule has 0 radical (unpaired) electrons. The Bertz CT molecular complexity index is 82.1. The third kappa shape index (κ3) is 4.00. The van der Waals surface area contributed by atoms with E-state index in [0.717, 1.165) is 0 Å². The van der Waals surface area contributed by atoms with E-state index in [0.29, 0.717) is 0 Å². The predicted molar refractivity (Wildman–Crippen MR) is 31.9 cm³/mol. The van der Waals surface area contributed by atoms with Gasteiger partial charge in [-0.3, -0.25) is 0 Å². The van der Waals surface area contributed by atoms with E-state index in [-0.39, 0.29) is 0 Å². The molecule has 0 aromatic heterocycles. The second-order valence-electron chi connectivity index (χ2n) is 1.25. The fourth-order valence-corrected chi connectivity index (χ4v) is 0.567. The third-order valence-corrected chi connectivity index (χ3v) is 0.572. The number of rotatable bonds is 0. The van der Waals surface area contributed by atoms with Crippen molar-refractivity contribution in [1.29, 1.82) is 0 Å². The lowest BCUT2D eigenvalue weighted by Gasteiger charge is -1.69. The van der Waals surface area contributed by atoms with Gasteiger partial charge in [-0.05, 0) is 19.4 Å². The standard InChI is InChI=1S/C5H7Br/c1-5(2)3-4-6/h4H,1-2H3. The summed E-state index contributed by atoms with van der Waals surface area (Å²) in [7, 11) is 0. The molecule has 0 amide bonds. The summed E-state index contributed by atoms with van der Waals surface area (Å²) in [5.74, 6) is 0. The summed E-state index contributed by atoms with van der Waals surface area (Å²) in [4.78, 5) is 1.72. The zero-order chi connectivity index (χ0) is 4.99. The highest BCUT2D eigenvalue weighted by Crippen LogP contribution is 1.85. The average Bonchev–Trinajstić information content (AvgIpc) is 1.35. The van der Waals surface area contributed by atoms with Gasteiger partial charge in [-0.25, -0.2) is 0 Å². The lowest BCUT2D eigenvalue weighted by atomic mass is 10.4. The van der Waals surface area contributed by atoms with Gasteiger partial charge in [0, 0.05) is 4.99 Å². The van der Waals surface area contributed by atoms with Crippen LogP contribution in [0.2, 0.25) is 0 Å². The Kier molecular flexibility index (Phi) is 3.20. The molecular weight excluding hydrogens is 140 g/mol. The van der Waals surface area contributed by atoms with Gasteiger partial charge in [-0.1, -0.05) is 15.9 Å². The Morgan fingerprint density at radius 1 is 1.67 bits per heavy atom. The minimum Gasteiger partial charge on any atom is -0.115 e. The number of allylic oxidation sites excluding steroid dienone is 1. The van der Waals surface area contributed by atoms with Crippen molar-refractivity contribution in [3.63, 3.8) is 0 Å². The summed E-state index contributed by atoms with van der Waals surface area (Å²) >= 11 is 3.09. The van der Waals surface area contributed by atoms with Crippen LogP contribution in [-0.4, -0.2) is 0 Å². The maximum atomic E-state index is 3.09. The topological polar surface area (TPSA) is 0 Å². The monoisotopic (exact) mass is 146 g/mol. The van der Waals surface area contributed by atoms with Gasteiger partial charge in [0.25, 0.3) is 0 Å². The second kappa shape index (κ2) is 3.20. The lowest BCUT2D eigenvalue weighted by Crippen LogP contribution is -1.48. The first-order valence-corrected chi connectivity index (χ1v) is 2.67. The van der Waals surface area contributed by atoms with Crippen molar-refractivity contribution in [1.82, 2.24) is 0 Å².